The minimum Gasteiger partial charge on any atom is -0.446 e. The van der Waals surface area contributed by atoms with E-state index in [1.807, 2.05) is 5.32 Å². The van der Waals surface area contributed by atoms with Gasteiger partial charge in [0.05, 0.1) is 14.9 Å². The van der Waals surface area contributed by atoms with Gasteiger partial charge in [-0.3, -0.25) is 14.9 Å². The fourth-order valence-corrected chi connectivity index (χ4v) is 3.55. The molecule has 2 rings (SSSR count). The van der Waals surface area contributed by atoms with Gasteiger partial charge in [0.1, 0.15) is 6.54 Å². The number of carbonyl (C=O) groups excluding carboxylic acids is 3. The maximum absolute atomic E-state index is 12.3. The Hall–Kier alpha value is -2.66. The second-order valence-corrected chi connectivity index (χ2v) is 8.33. The number of ether oxygens (including phenoxy) is 1. The number of imide groups is 1. The topological polar surface area (TPSA) is 131 Å². The Morgan fingerprint density at radius 1 is 1.03 bits per heavy atom. The summed E-state index contributed by atoms with van der Waals surface area (Å²) in [5, 5.41) is 4.41. The lowest BCUT2D eigenvalue weighted by Crippen LogP contribution is -2.42. The molecule has 0 aliphatic carbocycles. The first-order valence-electron chi connectivity index (χ1n) is 8.35. The van der Waals surface area contributed by atoms with Gasteiger partial charge in [-0.15, -0.1) is 0 Å². The predicted molar refractivity (Wildman–Crippen MR) is 110 cm³/mol. The van der Waals surface area contributed by atoms with Gasteiger partial charge >= 0.3 is 12.0 Å². The summed E-state index contributed by atoms with van der Waals surface area (Å²) in [6.45, 7) is -0.765. The van der Waals surface area contributed by atoms with Gasteiger partial charge in [0.25, 0.3) is 5.91 Å². The van der Waals surface area contributed by atoms with Gasteiger partial charge in [0.2, 0.25) is 16.1 Å². The van der Waals surface area contributed by atoms with Crippen LogP contribution in [0.2, 0.25) is 10.0 Å². The van der Waals surface area contributed by atoms with Crippen LogP contribution in [0, 0.1) is 0 Å². The second-order valence-electron chi connectivity index (χ2n) is 5.75. The number of carbonyl (C=O) groups is 3. The van der Waals surface area contributed by atoms with Crippen molar-refractivity contribution in [1.29, 1.82) is 0 Å². The summed E-state index contributed by atoms with van der Waals surface area (Å²) in [4.78, 5) is 35.7. The van der Waals surface area contributed by atoms with Gasteiger partial charge in [-0.2, -0.15) is 4.72 Å². The van der Waals surface area contributed by atoms with Crippen molar-refractivity contribution in [3.63, 3.8) is 0 Å². The van der Waals surface area contributed by atoms with Crippen LogP contribution in [0.4, 0.5) is 4.79 Å². The molecular formula is C18H17Cl2N3O6S. The van der Waals surface area contributed by atoms with Crippen molar-refractivity contribution in [3.8, 4) is 0 Å². The average Bonchev–Trinajstić information content (AvgIpc) is 2.72. The molecule has 0 radical (unpaired) electrons. The maximum atomic E-state index is 12.3. The largest absolute Gasteiger partial charge is 0.446 e. The van der Waals surface area contributed by atoms with Gasteiger partial charge < -0.3 is 10.1 Å². The molecule has 160 valence electrons. The van der Waals surface area contributed by atoms with Gasteiger partial charge in [-0.05, 0) is 18.2 Å². The number of nitrogens with one attached hydrogen (secondary N) is 3. The Morgan fingerprint density at radius 3 is 2.30 bits per heavy atom. The lowest BCUT2D eigenvalue weighted by atomic mass is 10.1. The minimum atomic E-state index is -4.10. The quantitative estimate of drug-likeness (QED) is 0.527. The standard InChI is InChI=1S/C18H17Cl2N3O6S/c1-21-18(26)23-17(25)16(11-5-3-2-4-6-11)29-15(24)10-22-30(27,28)12-7-8-13(19)14(20)9-12/h2-9,16,22H,10H2,1H3,(H2,21,23,25,26). The van der Waals surface area contributed by atoms with E-state index in [0.717, 1.165) is 6.07 Å². The number of urea groups is 1. The number of esters is 1. The van der Waals surface area contributed by atoms with Crippen LogP contribution in [0.3, 0.4) is 0 Å². The number of rotatable bonds is 7. The van der Waals surface area contributed by atoms with E-state index in [4.69, 9.17) is 27.9 Å². The first kappa shape index (κ1) is 23.6. The average molecular weight is 474 g/mol. The number of hydrogen-bond donors (Lipinski definition) is 3. The third kappa shape index (κ3) is 6.42. The van der Waals surface area contributed by atoms with Crippen molar-refractivity contribution < 1.29 is 27.5 Å². The lowest BCUT2D eigenvalue weighted by Gasteiger charge is -2.17. The van der Waals surface area contributed by atoms with Gasteiger partial charge in [0, 0.05) is 12.6 Å². The van der Waals surface area contributed by atoms with Crippen LogP contribution in [0.1, 0.15) is 11.7 Å². The molecule has 0 saturated heterocycles. The van der Waals surface area contributed by atoms with Crippen LogP contribution in [0.15, 0.2) is 53.4 Å². The molecule has 0 saturated carbocycles. The van der Waals surface area contributed by atoms with E-state index >= 15 is 0 Å². The second kappa shape index (κ2) is 10.4. The van der Waals surface area contributed by atoms with E-state index in [1.165, 1.54) is 31.3 Å². The highest BCUT2D eigenvalue weighted by molar-refractivity contribution is 7.89. The van der Waals surface area contributed by atoms with Crippen molar-refractivity contribution in [2.75, 3.05) is 13.6 Å². The molecule has 1 unspecified atom stereocenters. The van der Waals surface area contributed by atoms with E-state index < -0.39 is 40.6 Å². The third-order valence-corrected chi connectivity index (χ3v) is 5.80. The molecule has 0 aliphatic rings. The number of halogens is 2. The summed E-state index contributed by atoms with van der Waals surface area (Å²) in [5.74, 6) is -1.94. The predicted octanol–water partition coefficient (Wildman–Crippen LogP) is 2.01. The van der Waals surface area contributed by atoms with Crippen molar-refractivity contribution in [3.05, 3.63) is 64.1 Å². The molecule has 2 aromatic rings. The molecule has 2 aromatic carbocycles. The summed E-state index contributed by atoms with van der Waals surface area (Å²) in [7, 11) is -2.79. The fraction of sp³-hybridized carbons (Fsp3) is 0.167. The molecular weight excluding hydrogens is 457 g/mol. The SMILES string of the molecule is CNC(=O)NC(=O)C(OC(=O)CNS(=O)(=O)c1ccc(Cl)c(Cl)c1)c1ccccc1. The zero-order chi connectivity index (χ0) is 22.3. The van der Waals surface area contributed by atoms with Crippen LogP contribution in [0.5, 0.6) is 0 Å². The number of sulfonamides is 1. The first-order valence-corrected chi connectivity index (χ1v) is 10.6. The third-order valence-electron chi connectivity index (χ3n) is 3.66. The summed E-state index contributed by atoms with van der Waals surface area (Å²) in [6.07, 6.45) is -1.47. The van der Waals surface area contributed by atoms with Crippen molar-refractivity contribution in [2.24, 2.45) is 0 Å². The minimum absolute atomic E-state index is 0.0251. The van der Waals surface area contributed by atoms with Gasteiger partial charge in [0.15, 0.2) is 0 Å². The maximum Gasteiger partial charge on any atom is 0.322 e. The zero-order valence-corrected chi connectivity index (χ0v) is 17.8. The molecule has 0 aromatic heterocycles. The molecule has 30 heavy (non-hydrogen) atoms. The summed E-state index contributed by atoms with van der Waals surface area (Å²) in [5.41, 5.74) is 0.291. The van der Waals surface area contributed by atoms with Gasteiger partial charge in [-0.25, -0.2) is 13.2 Å². The number of benzene rings is 2. The summed E-state index contributed by atoms with van der Waals surface area (Å²) >= 11 is 11.6. The smallest absolute Gasteiger partial charge is 0.322 e. The van der Waals surface area contributed by atoms with E-state index in [0.29, 0.717) is 5.56 Å². The van der Waals surface area contributed by atoms with Crippen LogP contribution in [-0.2, 0) is 24.3 Å². The van der Waals surface area contributed by atoms with E-state index in [1.54, 1.807) is 18.2 Å². The number of amides is 3. The van der Waals surface area contributed by atoms with E-state index in [2.05, 4.69) is 10.0 Å². The summed E-state index contributed by atoms with van der Waals surface area (Å²) < 4.78 is 31.8. The zero-order valence-electron chi connectivity index (χ0n) is 15.5. The first-order chi connectivity index (χ1) is 14.1. The van der Waals surface area contributed by atoms with Crippen molar-refractivity contribution >= 4 is 51.1 Å². The van der Waals surface area contributed by atoms with Crippen LogP contribution in [-0.4, -0.2) is 39.9 Å². The normalized spacial score (nSPS) is 12.0. The molecule has 1 atom stereocenters. The van der Waals surface area contributed by atoms with Crippen molar-refractivity contribution in [2.45, 2.75) is 11.0 Å². The molecule has 0 aliphatic heterocycles. The Kier molecular flexibility index (Phi) is 8.18. The van der Waals surface area contributed by atoms with Gasteiger partial charge in [-0.1, -0.05) is 53.5 Å². The highest BCUT2D eigenvalue weighted by atomic mass is 35.5. The van der Waals surface area contributed by atoms with E-state index in [9.17, 15) is 22.8 Å². The molecule has 3 N–H and O–H groups in total. The molecule has 0 fully saturated rings. The number of hydrogen-bond acceptors (Lipinski definition) is 6. The summed E-state index contributed by atoms with van der Waals surface area (Å²) in [6, 6.07) is 10.8. The molecule has 0 spiro atoms. The van der Waals surface area contributed by atoms with Crippen LogP contribution < -0.4 is 15.4 Å². The van der Waals surface area contributed by atoms with Crippen molar-refractivity contribution in [1.82, 2.24) is 15.4 Å². The molecule has 0 heterocycles. The Labute approximate surface area is 182 Å². The fourth-order valence-electron chi connectivity index (χ4n) is 2.20. The Balaban J connectivity index is 2.10. The Bertz CT molecular complexity index is 1050. The Morgan fingerprint density at radius 2 is 1.70 bits per heavy atom. The van der Waals surface area contributed by atoms with Crippen LogP contribution >= 0.6 is 23.2 Å². The highest BCUT2D eigenvalue weighted by Gasteiger charge is 2.27. The highest BCUT2D eigenvalue weighted by Crippen LogP contribution is 2.24. The van der Waals surface area contributed by atoms with Crippen LogP contribution in [0.25, 0.3) is 0 Å². The molecule has 9 nitrogen and oxygen atoms in total. The lowest BCUT2D eigenvalue weighted by molar-refractivity contribution is -0.155. The molecule has 3 amide bonds. The van der Waals surface area contributed by atoms with E-state index in [-0.39, 0.29) is 14.9 Å². The molecule has 0 bridgehead atoms. The monoisotopic (exact) mass is 473 g/mol. The molecule has 12 heteroatoms.